The van der Waals surface area contributed by atoms with Gasteiger partial charge in [-0.2, -0.15) is 0 Å². The maximum absolute atomic E-state index is 12.6. The average molecular weight is 340 g/mol. The Kier molecular flexibility index (Phi) is 4.38. The van der Waals surface area contributed by atoms with Crippen molar-refractivity contribution in [2.75, 3.05) is 17.3 Å². The highest BCUT2D eigenvalue weighted by atomic mass is 16.5. The summed E-state index contributed by atoms with van der Waals surface area (Å²) in [4.78, 5) is 36.9. The number of nitrogens with zero attached hydrogens (tertiary/aromatic N) is 1. The molecule has 0 bridgehead atoms. The van der Waals surface area contributed by atoms with Crippen molar-refractivity contribution in [2.45, 2.75) is 12.5 Å². The number of imide groups is 1. The van der Waals surface area contributed by atoms with Crippen molar-refractivity contribution in [2.24, 2.45) is 0 Å². The normalized spacial score (nSPS) is 16.8. The van der Waals surface area contributed by atoms with E-state index in [1.807, 2.05) is 6.07 Å². The van der Waals surface area contributed by atoms with Crippen LogP contribution < -0.4 is 15.0 Å². The van der Waals surface area contributed by atoms with E-state index in [4.69, 9.17) is 9.84 Å². The fourth-order valence-corrected chi connectivity index (χ4v) is 2.72. The van der Waals surface area contributed by atoms with Crippen LogP contribution in [0.5, 0.6) is 5.75 Å². The van der Waals surface area contributed by atoms with Crippen LogP contribution in [0.3, 0.4) is 0 Å². The van der Waals surface area contributed by atoms with Crippen LogP contribution in [0.15, 0.2) is 48.5 Å². The summed E-state index contributed by atoms with van der Waals surface area (Å²) >= 11 is 0. The molecule has 0 unspecified atom stereocenters. The van der Waals surface area contributed by atoms with Crippen LogP contribution in [0.1, 0.15) is 16.8 Å². The molecule has 25 heavy (non-hydrogen) atoms. The standard InChI is InChI=1S/C18H16N2O5/c1-25-15-5-3-2-4-13(15)19-14-10-16(21)20(17(14)22)12-8-6-11(7-9-12)18(23)24/h2-9,14,19H,10H2,1H3,(H,23,24)/t14-/m1/s1. The quantitative estimate of drug-likeness (QED) is 0.810. The number of para-hydroxylation sites is 2. The van der Waals surface area contributed by atoms with E-state index in [9.17, 15) is 14.4 Å². The fraction of sp³-hybridized carbons (Fsp3) is 0.167. The predicted molar refractivity (Wildman–Crippen MR) is 90.9 cm³/mol. The minimum absolute atomic E-state index is 0.0115. The molecule has 0 spiro atoms. The molecule has 0 radical (unpaired) electrons. The highest BCUT2D eigenvalue weighted by Gasteiger charge is 2.39. The molecule has 2 aromatic carbocycles. The third kappa shape index (κ3) is 3.16. The number of ether oxygens (including phenoxy) is 1. The van der Waals surface area contributed by atoms with E-state index in [1.54, 1.807) is 18.2 Å². The molecule has 1 atom stereocenters. The molecule has 2 aromatic rings. The molecule has 2 N–H and O–H groups in total. The van der Waals surface area contributed by atoms with Crippen LogP contribution in [0, 0.1) is 0 Å². The number of hydrogen-bond acceptors (Lipinski definition) is 5. The Morgan fingerprint density at radius 3 is 2.48 bits per heavy atom. The molecule has 0 aromatic heterocycles. The lowest BCUT2D eigenvalue weighted by molar-refractivity contribution is -0.121. The van der Waals surface area contributed by atoms with Gasteiger partial charge in [0.25, 0.3) is 5.91 Å². The van der Waals surface area contributed by atoms with Gasteiger partial charge in [0.15, 0.2) is 0 Å². The van der Waals surface area contributed by atoms with Crippen molar-refractivity contribution in [3.05, 3.63) is 54.1 Å². The number of carboxylic acid groups (broad SMARTS) is 1. The summed E-state index contributed by atoms with van der Waals surface area (Å²) in [5.74, 6) is -1.23. The van der Waals surface area contributed by atoms with Crippen molar-refractivity contribution in [1.82, 2.24) is 0 Å². The molecule has 1 aliphatic heterocycles. The third-order valence-electron chi connectivity index (χ3n) is 3.96. The van der Waals surface area contributed by atoms with Gasteiger partial charge in [-0.15, -0.1) is 0 Å². The van der Waals surface area contributed by atoms with Crippen LogP contribution in [0.25, 0.3) is 0 Å². The molecule has 2 amide bonds. The van der Waals surface area contributed by atoms with Gasteiger partial charge in [-0.05, 0) is 36.4 Å². The zero-order chi connectivity index (χ0) is 18.0. The van der Waals surface area contributed by atoms with E-state index in [0.29, 0.717) is 17.1 Å². The Hall–Kier alpha value is -3.35. The predicted octanol–water partition coefficient (Wildman–Crippen LogP) is 2.14. The molecular formula is C18H16N2O5. The summed E-state index contributed by atoms with van der Waals surface area (Å²) in [6.45, 7) is 0. The van der Waals surface area contributed by atoms with Crippen LogP contribution in [0.4, 0.5) is 11.4 Å². The summed E-state index contributed by atoms with van der Waals surface area (Å²) in [6, 6.07) is 12.0. The van der Waals surface area contributed by atoms with Crippen molar-refractivity contribution in [3.8, 4) is 5.75 Å². The van der Waals surface area contributed by atoms with Gasteiger partial charge in [0.1, 0.15) is 11.8 Å². The lowest BCUT2D eigenvalue weighted by atomic mass is 10.2. The smallest absolute Gasteiger partial charge is 0.335 e. The van der Waals surface area contributed by atoms with E-state index in [1.165, 1.54) is 31.4 Å². The van der Waals surface area contributed by atoms with Gasteiger partial charge < -0.3 is 15.2 Å². The molecule has 0 aliphatic carbocycles. The maximum atomic E-state index is 12.6. The number of carboxylic acids is 1. The largest absolute Gasteiger partial charge is 0.495 e. The molecule has 1 saturated heterocycles. The topological polar surface area (TPSA) is 95.9 Å². The van der Waals surface area contributed by atoms with E-state index in [2.05, 4.69) is 5.32 Å². The average Bonchev–Trinajstić information content (AvgIpc) is 2.89. The number of methoxy groups -OCH3 is 1. The summed E-state index contributed by atoms with van der Waals surface area (Å²) in [5, 5.41) is 12.0. The minimum atomic E-state index is -1.07. The molecule has 7 heteroatoms. The van der Waals surface area contributed by atoms with Crippen molar-refractivity contribution >= 4 is 29.2 Å². The summed E-state index contributed by atoms with van der Waals surface area (Å²) < 4.78 is 5.24. The SMILES string of the molecule is COc1ccccc1N[C@@H]1CC(=O)N(c2ccc(C(=O)O)cc2)C1=O. The number of carbonyl (C=O) groups excluding carboxylic acids is 2. The van der Waals surface area contributed by atoms with E-state index < -0.39 is 12.0 Å². The zero-order valence-electron chi connectivity index (χ0n) is 13.4. The number of nitrogens with one attached hydrogen (secondary N) is 1. The summed E-state index contributed by atoms with van der Waals surface area (Å²) in [7, 11) is 1.53. The van der Waals surface area contributed by atoms with Gasteiger partial charge in [-0.1, -0.05) is 12.1 Å². The number of benzene rings is 2. The molecule has 0 saturated carbocycles. The highest BCUT2D eigenvalue weighted by Crippen LogP contribution is 2.29. The first-order valence-electron chi connectivity index (χ1n) is 7.61. The molecular weight excluding hydrogens is 324 g/mol. The Morgan fingerprint density at radius 1 is 1.16 bits per heavy atom. The van der Waals surface area contributed by atoms with Crippen molar-refractivity contribution in [3.63, 3.8) is 0 Å². The zero-order valence-corrected chi connectivity index (χ0v) is 13.4. The number of anilines is 2. The molecule has 3 rings (SSSR count). The lowest BCUT2D eigenvalue weighted by Crippen LogP contribution is -2.34. The number of hydrogen-bond donors (Lipinski definition) is 2. The summed E-state index contributed by atoms with van der Waals surface area (Å²) in [6.07, 6.45) is 0.0115. The Morgan fingerprint density at radius 2 is 1.84 bits per heavy atom. The Balaban J connectivity index is 1.81. The van der Waals surface area contributed by atoms with Gasteiger partial charge in [0.2, 0.25) is 5.91 Å². The van der Waals surface area contributed by atoms with Gasteiger partial charge in [0, 0.05) is 0 Å². The molecule has 128 valence electrons. The molecule has 1 fully saturated rings. The fourth-order valence-electron chi connectivity index (χ4n) is 2.72. The first-order valence-corrected chi connectivity index (χ1v) is 7.61. The van der Waals surface area contributed by atoms with E-state index >= 15 is 0 Å². The third-order valence-corrected chi connectivity index (χ3v) is 3.96. The molecule has 1 aliphatic rings. The Labute approximate surface area is 143 Å². The Bertz CT molecular complexity index is 832. The van der Waals surface area contributed by atoms with E-state index in [-0.39, 0.29) is 23.8 Å². The monoisotopic (exact) mass is 340 g/mol. The second-order valence-corrected chi connectivity index (χ2v) is 5.52. The lowest BCUT2D eigenvalue weighted by Gasteiger charge is -2.17. The van der Waals surface area contributed by atoms with E-state index in [0.717, 1.165) is 4.90 Å². The number of carbonyl (C=O) groups is 3. The van der Waals surface area contributed by atoms with Gasteiger partial charge >= 0.3 is 5.97 Å². The minimum Gasteiger partial charge on any atom is -0.495 e. The van der Waals surface area contributed by atoms with Crippen LogP contribution in [0.2, 0.25) is 0 Å². The number of amides is 2. The maximum Gasteiger partial charge on any atom is 0.335 e. The number of aromatic carboxylic acids is 1. The second kappa shape index (κ2) is 6.64. The number of rotatable bonds is 5. The van der Waals surface area contributed by atoms with Gasteiger partial charge in [0.05, 0.1) is 30.5 Å². The highest BCUT2D eigenvalue weighted by molar-refractivity contribution is 6.23. The first-order chi connectivity index (χ1) is 12.0. The summed E-state index contributed by atoms with van der Waals surface area (Å²) in [5.41, 5.74) is 1.06. The van der Waals surface area contributed by atoms with Gasteiger partial charge in [-0.3, -0.25) is 9.59 Å². The first kappa shape index (κ1) is 16.5. The van der Waals surface area contributed by atoms with Crippen LogP contribution in [-0.2, 0) is 9.59 Å². The second-order valence-electron chi connectivity index (χ2n) is 5.52. The molecule has 7 nitrogen and oxygen atoms in total. The van der Waals surface area contributed by atoms with Gasteiger partial charge in [-0.25, -0.2) is 9.69 Å². The molecule has 1 heterocycles. The van der Waals surface area contributed by atoms with Crippen LogP contribution >= 0.6 is 0 Å². The van der Waals surface area contributed by atoms with Crippen molar-refractivity contribution in [1.29, 1.82) is 0 Å². The van der Waals surface area contributed by atoms with Crippen LogP contribution in [-0.4, -0.2) is 36.0 Å². The van der Waals surface area contributed by atoms with Crippen molar-refractivity contribution < 1.29 is 24.2 Å².